The van der Waals surface area contributed by atoms with Crippen LogP contribution in [-0.2, 0) is 19.8 Å². The Morgan fingerprint density at radius 3 is 2.62 bits per heavy atom. The lowest BCUT2D eigenvalue weighted by atomic mass is 9.75. The molecule has 3 fully saturated rings. The van der Waals surface area contributed by atoms with Crippen LogP contribution in [0.1, 0.15) is 44.1 Å². The molecule has 2 N–H and O–H groups in total. The van der Waals surface area contributed by atoms with Crippen molar-refractivity contribution in [1.29, 1.82) is 0 Å². The Labute approximate surface area is 206 Å². The number of hydrazine groups is 1. The van der Waals surface area contributed by atoms with E-state index in [9.17, 15) is 14.4 Å². The normalized spacial score (nSPS) is 29.1. The molecule has 4 unspecified atom stereocenters. The van der Waals surface area contributed by atoms with Gasteiger partial charge < -0.3 is 9.80 Å². The third kappa shape index (κ3) is 4.87. The fourth-order valence-electron chi connectivity index (χ4n) is 5.73. The quantitative estimate of drug-likeness (QED) is 0.541. The van der Waals surface area contributed by atoms with Gasteiger partial charge in [0.15, 0.2) is 0 Å². The third-order valence-electron chi connectivity index (χ3n) is 7.71. The number of imide groups is 1. The lowest BCUT2D eigenvalue weighted by molar-refractivity contribution is -0.142. The molecule has 1 aromatic rings. The molecule has 1 saturated carbocycles. The number of likely N-dealkylation sites (tertiary alicyclic amines) is 1. The number of amides is 3. The lowest BCUT2D eigenvalue weighted by Gasteiger charge is -2.32. The number of hydrogen-bond acceptors (Lipinski definition) is 6. The van der Waals surface area contributed by atoms with E-state index in [0.29, 0.717) is 42.2 Å². The largest absolute Gasteiger partial charge is 0.344 e. The van der Waals surface area contributed by atoms with E-state index in [1.165, 1.54) is 17.7 Å². The minimum absolute atomic E-state index is 0.0451. The molecule has 0 radical (unpaired) electrons. The van der Waals surface area contributed by atoms with Crippen LogP contribution < -0.4 is 10.9 Å². The van der Waals surface area contributed by atoms with Crippen molar-refractivity contribution < 1.29 is 14.4 Å². The zero-order chi connectivity index (χ0) is 24.5. The second kappa shape index (κ2) is 10.3. The summed E-state index contributed by atoms with van der Waals surface area (Å²) in [7, 11) is 5.58. The van der Waals surface area contributed by atoms with E-state index >= 15 is 0 Å². The minimum atomic E-state index is -1.28. The molecule has 2 aliphatic heterocycles. The van der Waals surface area contributed by atoms with Crippen LogP contribution in [-0.4, -0.2) is 85.3 Å². The number of nitrogens with one attached hydrogen (secondary N) is 2. The highest BCUT2D eigenvalue weighted by molar-refractivity contribution is 6.32. The molecule has 34 heavy (non-hydrogen) atoms. The van der Waals surface area contributed by atoms with Crippen LogP contribution in [0.5, 0.6) is 0 Å². The summed E-state index contributed by atoms with van der Waals surface area (Å²) >= 11 is 6.53. The van der Waals surface area contributed by atoms with Crippen molar-refractivity contribution in [2.24, 2.45) is 5.92 Å². The Morgan fingerprint density at radius 2 is 1.88 bits per heavy atom. The van der Waals surface area contributed by atoms with Gasteiger partial charge >= 0.3 is 0 Å². The summed E-state index contributed by atoms with van der Waals surface area (Å²) < 4.78 is 0. The van der Waals surface area contributed by atoms with Crippen molar-refractivity contribution >= 4 is 29.3 Å². The molecule has 2 saturated heterocycles. The molecule has 4 atom stereocenters. The van der Waals surface area contributed by atoms with Crippen LogP contribution in [0.15, 0.2) is 24.3 Å². The van der Waals surface area contributed by atoms with Crippen LogP contribution in [0.2, 0.25) is 5.02 Å². The molecule has 1 aliphatic carbocycles. The zero-order valence-corrected chi connectivity index (χ0v) is 21.1. The van der Waals surface area contributed by atoms with Crippen LogP contribution >= 0.6 is 11.6 Å². The Bertz CT molecular complexity index is 941. The number of nitrogens with zero attached hydrogens (tertiary/aromatic N) is 3. The summed E-state index contributed by atoms with van der Waals surface area (Å²) in [6.07, 6.45) is 4.63. The summed E-state index contributed by atoms with van der Waals surface area (Å²) in [6.45, 7) is 1.41. The number of carbonyl (C=O) groups excluding carboxylic acids is 3. The number of halogens is 1. The van der Waals surface area contributed by atoms with Gasteiger partial charge in [-0.1, -0.05) is 42.6 Å². The van der Waals surface area contributed by atoms with Gasteiger partial charge in [-0.05, 0) is 44.5 Å². The summed E-state index contributed by atoms with van der Waals surface area (Å²) in [4.78, 5) is 45.1. The number of fused-ring (bicyclic) bond motifs is 1. The zero-order valence-electron chi connectivity index (χ0n) is 20.3. The average molecular weight is 490 g/mol. The second-order valence-electron chi connectivity index (χ2n) is 10.3. The molecule has 8 nitrogen and oxygen atoms in total. The maximum absolute atomic E-state index is 13.7. The van der Waals surface area contributed by atoms with Gasteiger partial charge in [0.2, 0.25) is 17.7 Å². The Hall–Kier alpha value is -2.00. The van der Waals surface area contributed by atoms with Crippen molar-refractivity contribution in [2.45, 2.75) is 56.0 Å². The van der Waals surface area contributed by atoms with Crippen molar-refractivity contribution in [3.63, 3.8) is 0 Å². The maximum Gasteiger partial charge on any atom is 0.240 e. The van der Waals surface area contributed by atoms with Gasteiger partial charge in [0.25, 0.3) is 0 Å². The van der Waals surface area contributed by atoms with Gasteiger partial charge in [0.05, 0.1) is 5.41 Å². The standard InChI is InChI=1S/C25H36ClN5O3/c1-29(2)12-13-31-23(33)15-25(24(31)34,18-9-5-6-10-19(18)26)14-22(32)30(3)16-21-17-8-4-7-11-20(17)27-28-21/h5-6,9-10,17,20-21,27-28H,4,7-8,11-16H2,1-3H3. The minimum Gasteiger partial charge on any atom is -0.344 e. The number of carbonyl (C=O) groups is 3. The molecule has 0 bridgehead atoms. The Morgan fingerprint density at radius 1 is 1.15 bits per heavy atom. The molecule has 1 aromatic carbocycles. The summed E-state index contributed by atoms with van der Waals surface area (Å²) in [5, 5.41) is 0.403. The molecule has 2 heterocycles. The highest BCUT2D eigenvalue weighted by Gasteiger charge is 2.54. The number of hydrogen-bond donors (Lipinski definition) is 2. The topological polar surface area (TPSA) is 85.0 Å². The number of rotatable bonds is 8. The van der Waals surface area contributed by atoms with E-state index in [-0.39, 0.29) is 36.6 Å². The highest BCUT2D eigenvalue weighted by Crippen LogP contribution is 2.43. The third-order valence-corrected chi connectivity index (χ3v) is 8.04. The molecule has 186 valence electrons. The molecule has 0 spiro atoms. The van der Waals surface area contributed by atoms with Crippen LogP contribution in [0, 0.1) is 5.92 Å². The first-order chi connectivity index (χ1) is 16.2. The van der Waals surface area contributed by atoms with Gasteiger partial charge in [-0.2, -0.15) is 0 Å². The molecule has 3 amide bonds. The lowest BCUT2D eigenvalue weighted by Crippen LogP contribution is -2.47. The summed E-state index contributed by atoms with van der Waals surface area (Å²) in [6, 6.07) is 7.70. The van der Waals surface area contributed by atoms with Gasteiger partial charge in [-0.15, -0.1) is 0 Å². The summed E-state index contributed by atoms with van der Waals surface area (Å²) in [5.41, 5.74) is 6.05. The molecular formula is C25H36ClN5O3. The van der Waals surface area contributed by atoms with Crippen LogP contribution in [0.3, 0.4) is 0 Å². The smallest absolute Gasteiger partial charge is 0.240 e. The maximum atomic E-state index is 13.7. The van der Waals surface area contributed by atoms with Crippen LogP contribution in [0.25, 0.3) is 0 Å². The van der Waals surface area contributed by atoms with Gasteiger partial charge in [0, 0.05) is 56.6 Å². The van der Waals surface area contributed by atoms with Crippen molar-refractivity contribution in [1.82, 2.24) is 25.6 Å². The highest BCUT2D eigenvalue weighted by atomic mass is 35.5. The van der Waals surface area contributed by atoms with Gasteiger partial charge in [0.1, 0.15) is 0 Å². The fraction of sp³-hybridized carbons (Fsp3) is 0.640. The SMILES string of the molecule is CN(C)CCN1C(=O)CC(CC(=O)N(C)CC2NNC3CCCCC32)(c2ccccc2Cl)C1=O. The summed E-state index contributed by atoms with van der Waals surface area (Å²) in [5.74, 6) is -0.245. The number of benzene rings is 1. The van der Waals surface area contributed by atoms with E-state index in [1.807, 2.05) is 19.0 Å². The molecule has 4 rings (SSSR count). The van der Waals surface area contributed by atoms with E-state index < -0.39 is 5.41 Å². The Kier molecular flexibility index (Phi) is 7.62. The molecule has 3 aliphatic rings. The molecular weight excluding hydrogens is 454 g/mol. The van der Waals surface area contributed by atoms with E-state index in [2.05, 4.69) is 10.9 Å². The predicted molar refractivity (Wildman–Crippen MR) is 131 cm³/mol. The Balaban J connectivity index is 1.54. The molecule has 0 aromatic heterocycles. The monoisotopic (exact) mass is 489 g/mol. The number of likely N-dealkylation sites (N-methyl/N-ethyl adjacent to an activating group) is 2. The molecule has 9 heteroatoms. The van der Waals surface area contributed by atoms with Gasteiger partial charge in [-0.3, -0.25) is 30.1 Å². The first-order valence-corrected chi connectivity index (χ1v) is 12.6. The first-order valence-electron chi connectivity index (χ1n) is 12.2. The van der Waals surface area contributed by atoms with Crippen molar-refractivity contribution in [3.05, 3.63) is 34.9 Å². The fourth-order valence-corrected chi connectivity index (χ4v) is 6.05. The first kappa shape index (κ1) is 25.1. The average Bonchev–Trinajstić information content (AvgIpc) is 3.31. The van der Waals surface area contributed by atoms with E-state index in [4.69, 9.17) is 11.6 Å². The predicted octanol–water partition coefficient (Wildman–Crippen LogP) is 1.78. The second-order valence-corrected chi connectivity index (χ2v) is 10.7. The van der Waals surface area contributed by atoms with Crippen molar-refractivity contribution in [2.75, 3.05) is 40.8 Å². The van der Waals surface area contributed by atoms with E-state index in [1.54, 1.807) is 36.2 Å². The van der Waals surface area contributed by atoms with E-state index in [0.717, 1.165) is 12.8 Å². The van der Waals surface area contributed by atoms with Crippen molar-refractivity contribution in [3.8, 4) is 0 Å². The van der Waals surface area contributed by atoms with Crippen LogP contribution in [0.4, 0.5) is 0 Å². The van der Waals surface area contributed by atoms with Gasteiger partial charge in [-0.25, -0.2) is 0 Å².